The van der Waals surface area contributed by atoms with Crippen molar-refractivity contribution in [2.45, 2.75) is 13.5 Å². The molecule has 98 valence electrons. The number of sulfone groups is 1. The normalized spacial score (nSPS) is 11.4. The van der Waals surface area contributed by atoms with Gasteiger partial charge in [-0.2, -0.15) is 0 Å². The smallest absolute Gasteiger partial charge is 0.148 e. The molecule has 0 radical (unpaired) electrons. The van der Waals surface area contributed by atoms with E-state index in [1.165, 1.54) is 6.26 Å². The van der Waals surface area contributed by atoms with Crippen LogP contribution in [0.25, 0.3) is 0 Å². The summed E-state index contributed by atoms with van der Waals surface area (Å²) in [5, 5.41) is 0. The Hall–Kier alpha value is -1.38. The van der Waals surface area contributed by atoms with Crippen molar-refractivity contribution < 1.29 is 8.42 Å². The highest BCUT2D eigenvalue weighted by atomic mass is 32.2. The van der Waals surface area contributed by atoms with Crippen LogP contribution in [0.5, 0.6) is 0 Å². The van der Waals surface area contributed by atoms with Crippen LogP contribution in [0.1, 0.15) is 11.4 Å². The van der Waals surface area contributed by atoms with Gasteiger partial charge in [0.05, 0.1) is 18.0 Å². The van der Waals surface area contributed by atoms with Crippen LogP contribution in [0.3, 0.4) is 0 Å². The number of terminal acetylenes is 1. The Labute approximate surface area is 109 Å². The fourth-order valence-corrected chi connectivity index (χ4v) is 2.14. The van der Waals surface area contributed by atoms with Crippen molar-refractivity contribution >= 4 is 9.84 Å². The van der Waals surface area contributed by atoms with E-state index in [2.05, 4.69) is 10.9 Å². The van der Waals surface area contributed by atoms with Crippen LogP contribution in [0.2, 0.25) is 0 Å². The summed E-state index contributed by atoms with van der Waals surface area (Å²) >= 11 is 0. The highest BCUT2D eigenvalue weighted by Gasteiger charge is 2.09. The summed E-state index contributed by atoms with van der Waals surface area (Å²) < 4.78 is 22.3. The third-order valence-electron chi connectivity index (χ3n) is 2.42. The van der Waals surface area contributed by atoms with Crippen LogP contribution in [-0.2, 0) is 16.4 Å². The standard InChI is InChI=1S/C13H18N2O2S/c1-4-8-15(9-10-18(3,16)17)11-13-7-5-6-12(2)14-13/h1,5-7H,8-11H2,2-3H3. The molecule has 0 aliphatic heterocycles. The number of nitrogens with zero attached hydrogens (tertiary/aromatic N) is 2. The summed E-state index contributed by atoms with van der Waals surface area (Å²) in [6, 6.07) is 5.77. The van der Waals surface area contributed by atoms with Crippen LogP contribution in [-0.4, -0.2) is 43.4 Å². The zero-order chi connectivity index (χ0) is 13.6. The van der Waals surface area contributed by atoms with Crippen LogP contribution in [0.15, 0.2) is 18.2 Å². The molecule has 1 aromatic rings. The largest absolute Gasteiger partial charge is 0.285 e. The summed E-state index contributed by atoms with van der Waals surface area (Å²) in [5.41, 5.74) is 1.84. The van der Waals surface area contributed by atoms with Crippen LogP contribution in [0.4, 0.5) is 0 Å². The van der Waals surface area contributed by atoms with E-state index in [1.54, 1.807) is 0 Å². The molecular formula is C13H18N2O2S. The molecule has 0 unspecified atom stereocenters. The lowest BCUT2D eigenvalue weighted by molar-refractivity contribution is 0.313. The maximum Gasteiger partial charge on any atom is 0.148 e. The SMILES string of the molecule is C#CCN(CCS(C)(=O)=O)Cc1cccc(C)n1. The molecule has 18 heavy (non-hydrogen) atoms. The molecule has 0 saturated carbocycles. The van der Waals surface area contributed by atoms with Crippen LogP contribution < -0.4 is 0 Å². The molecule has 1 heterocycles. The Bertz CT molecular complexity index is 532. The average Bonchev–Trinajstić information content (AvgIpc) is 2.25. The fourth-order valence-electron chi connectivity index (χ4n) is 1.55. The van der Waals surface area contributed by atoms with Crippen molar-refractivity contribution in [1.29, 1.82) is 0 Å². The molecular weight excluding hydrogens is 248 g/mol. The summed E-state index contributed by atoms with van der Waals surface area (Å²) in [5.74, 6) is 2.65. The second-order valence-electron chi connectivity index (χ2n) is 4.31. The number of aromatic nitrogens is 1. The summed E-state index contributed by atoms with van der Waals surface area (Å²) in [6.45, 7) is 3.34. The molecule has 1 aromatic heterocycles. The monoisotopic (exact) mass is 266 g/mol. The van der Waals surface area contributed by atoms with Crippen molar-refractivity contribution in [2.24, 2.45) is 0 Å². The van der Waals surface area contributed by atoms with Gasteiger partial charge in [0.2, 0.25) is 0 Å². The first kappa shape index (κ1) is 14.7. The Morgan fingerprint density at radius 3 is 2.72 bits per heavy atom. The Kier molecular flexibility index (Phi) is 5.32. The molecule has 0 amide bonds. The van der Waals surface area contributed by atoms with E-state index < -0.39 is 9.84 Å². The Balaban J connectivity index is 2.66. The molecule has 0 aliphatic carbocycles. The summed E-state index contributed by atoms with van der Waals surface area (Å²) in [7, 11) is -2.97. The van der Waals surface area contributed by atoms with E-state index in [-0.39, 0.29) is 5.75 Å². The van der Waals surface area contributed by atoms with Gasteiger partial charge in [-0.15, -0.1) is 6.42 Å². The number of rotatable bonds is 6. The molecule has 1 rings (SSSR count). The predicted octanol–water partition coefficient (Wildman–Crippen LogP) is 0.870. The lowest BCUT2D eigenvalue weighted by Crippen LogP contribution is -2.29. The second kappa shape index (κ2) is 6.53. The Morgan fingerprint density at radius 1 is 1.44 bits per heavy atom. The van der Waals surface area contributed by atoms with Gasteiger partial charge in [0, 0.05) is 25.0 Å². The lowest BCUT2D eigenvalue weighted by Gasteiger charge is -2.18. The molecule has 0 aromatic carbocycles. The van der Waals surface area contributed by atoms with Crippen molar-refractivity contribution in [3.63, 3.8) is 0 Å². The van der Waals surface area contributed by atoms with Gasteiger partial charge >= 0.3 is 0 Å². The van der Waals surface area contributed by atoms with E-state index in [0.29, 0.717) is 19.6 Å². The van der Waals surface area contributed by atoms with E-state index in [4.69, 9.17) is 6.42 Å². The van der Waals surface area contributed by atoms with Gasteiger partial charge in [0.1, 0.15) is 9.84 Å². The van der Waals surface area contributed by atoms with Gasteiger partial charge in [-0.1, -0.05) is 12.0 Å². The zero-order valence-corrected chi connectivity index (χ0v) is 11.6. The molecule has 0 aliphatic rings. The van der Waals surface area contributed by atoms with Gasteiger partial charge in [-0.05, 0) is 19.1 Å². The molecule has 0 fully saturated rings. The molecule has 0 spiro atoms. The topological polar surface area (TPSA) is 50.3 Å². The molecule has 4 nitrogen and oxygen atoms in total. The second-order valence-corrected chi connectivity index (χ2v) is 6.57. The number of hydrogen-bond donors (Lipinski definition) is 0. The third kappa shape index (κ3) is 5.80. The molecule has 0 atom stereocenters. The Morgan fingerprint density at radius 2 is 2.17 bits per heavy atom. The van der Waals surface area contributed by atoms with E-state index in [0.717, 1.165) is 11.4 Å². The molecule has 0 bridgehead atoms. The quantitative estimate of drug-likeness (QED) is 0.717. The predicted molar refractivity (Wildman–Crippen MR) is 72.8 cm³/mol. The van der Waals surface area contributed by atoms with E-state index in [1.807, 2.05) is 30.0 Å². The van der Waals surface area contributed by atoms with Gasteiger partial charge in [0.25, 0.3) is 0 Å². The van der Waals surface area contributed by atoms with Gasteiger partial charge < -0.3 is 0 Å². The molecule has 0 N–H and O–H groups in total. The number of pyridine rings is 1. The van der Waals surface area contributed by atoms with E-state index in [9.17, 15) is 8.42 Å². The maximum absolute atomic E-state index is 11.2. The number of aryl methyl sites for hydroxylation is 1. The lowest BCUT2D eigenvalue weighted by atomic mass is 10.3. The van der Waals surface area contributed by atoms with Crippen molar-refractivity contribution in [1.82, 2.24) is 9.88 Å². The van der Waals surface area contributed by atoms with Crippen molar-refractivity contribution in [2.75, 3.05) is 25.1 Å². The van der Waals surface area contributed by atoms with Crippen LogP contribution >= 0.6 is 0 Å². The highest BCUT2D eigenvalue weighted by molar-refractivity contribution is 7.90. The minimum Gasteiger partial charge on any atom is -0.285 e. The highest BCUT2D eigenvalue weighted by Crippen LogP contribution is 2.03. The molecule has 0 saturated heterocycles. The first-order chi connectivity index (χ1) is 8.40. The summed E-state index contributed by atoms with van der Waals surface area (Å²) in [6.07, 6.45) is 6.52. The molecule has 5 heteroatoms. The van der Waals surface area contributed by atoms with Crippen molar-refractivity contribution in [3.8, 4) is 12.3 Å². The van der Waals surface area contributed by atoms with Crippen LogP contribution in [0, 0.1) is 19.3 Å². The van der Waals surface area contributed by atoms with E-state index >= 15 is 0 Å². The van der Waals surface area contributed by atoms with Crippen molar-refractivity contribution in [3.05, 3.63) is 29.6 Å². The first-order valence-corrected chi connectivity index (χ1v) is 7.73. The fraction of sp³-hybridized carbons (Fsp3) is 0.462. The van der Waals surface area contributed by atoms with Gasteiger partial charge in [-0.25, -0.2) is 8.42 Å². The average molecular weight is 266 g/mol. The minimum atomic E-state index is -2.97. The minimum absolute atomic E-state index is 0.112. The maximum atomic E-state index is 11.2. The summed E-state index contributed by atoms with van der Waals surface area (Å²) in [4.78, 5) is 6.29. The number of hydrogen-bond acceptors (Lipinski definition) is 4. The van der Waals surface area contributed by atoms with Gasteiger partial charge in [0.15, 0.2) is 0 Å². The van der Waals surface area contributed by atoms with Gasteiger partial charge in [-0.3, -0.25) is 9.88 Å². The zero-order valence-electron chi connectivity index (χ0n) is 10.8. The first-order valence-electron chi connectivity index (χ1n) is 5.67. The third-order valence-corrected chi connectivity index (χ3v) is 3.35.